The summed E-state index contributed by atoms with van der Waals surface area (Å²) >= 11 is 0. The predicted octanol–water partition coefficient (Wildman–Crippen LogP) is 4.75. The number of carbonyl (C=O) groups is 1. The van der Waals surface area contributed by atoms with E-state index < -0.39 is 16.1 Å². The number of nitrogens with zero attached hydrogens (tertiary/aromatic N) is 2. The maximum atomic E-state index is 13.2. The highest BCUT2D eigenvalue weighted by Crippen LogP contribution is 2.25. The van der Waals surface area contributed by atoms with Gasteiger partial charge in [0.05, 0.1) is 18.3 Å². The molecule has 0 aliphatic heterocycles. The molecular weight excluding hydrogens is 524 g/mol. The molecule has 0 aliphatic rings. The van der Waals surface area contributed by atoms with E-state index in [1.807, 2.05) is 55.5 Å². The van der Waals surface area contributed by atoms with Crippen LogP contribution in [0.3, 0.4) is 0 Å². The van der Waals surface area contributed by atoms with Crippen molar-refractivity contribution < 1.29 is 17.9 Å². The molecule has 2 aromatic heterocycles. The second-order valence-electron chi connectivity index (χ2n) is 8.93. The Bertz CT molecular complexity index is 1610. The van der Waals surface area contributed by atoms with Gasteiger partial charge in [-0.2, -0.15) is 0 Å². The Morgan fingerprint density at radius 2 is 1.80 bits per heavy atom. The maximum absolute atomic E-state index is 13.2. The Balaban J connectivity index is 1.59. The minimum Gasteiger partial charge on any atom is -0.464 e. The SMILES string of the molecule is CC#Cc1cccc(-c2ccc(CC(NS(=O)(=O)c3cccnc3)c3cccc(NCCOC(C)=O)n3)cc2)c1. The summed E-state index contributed by atoms with van der Waals surface area (Å²) in [5, 5.41) is 3.11. The van der Waals surface area contributed by atoms with Crippen LogP contribution in [0, 0.1) is 11.8 Å². The molecule has 2 heterocycles. The number of hydrogen-bond donors (Lipinski definition) is 2. The van der Waals surface area contributed by atoms with E-state index in [1.165, 1.54) is 25.4 Å². The summed E-state index contributed by atoms with van der Waals surface area (Å²) in [6, 6.07) is 23.8. The van der Waals surface area contributed by atoms with Crippen LogP contribution in [0.25, 0.3) is 11.1 Å². The quantitative estimate of drug-likeness (QED) is 0.156. The van der Waals surface area contributed by atoms with Gasteiger partial charge in [0.1, 0.15) is 17.3 Å². The van der Waals surface area contributed by atoms with Gasteiger partial charge in [0.2, 0.25) is 10.0 Å². The van der Waals surface area contributed by atoms with Crippen molar-refractivity contribution in [2.24, 2.45) is 0 Å². The fourth-order valence-electron chi connectivity index (χ4n) is 4.08. The number of nitrogens with one attached hydrogen (secondary N) is 2. The summed E-state index contributed by atoms with van der Waals surface area (Å²) in [6.45, 7) is 3.72. The van der Waals surface area contributed by atoms with Crippen LogP contribution in [0.2, 0.25) is 0 Å². The smallest absolute Gasteiger partial charge is 0.302 e. The number of aromatic nitrogens is 2. The van der Waals surface area contributed by atoms with Crippen LogP contribution in [-0.2, 0) is 26.0 Å². The van der Waals surface area contributed by atoms with Gasteiger partial charge in [0.25, 0.3) is 0 Å². The fourth-order valence-corrected chi connectivity index (χ4v) is 5.25. The van der Waals surface area contributed by atoms with E-state index in [0.717, 1.165) is 22.3 Å². The first-order chi connectivity index (χ1) is 19.3. The van der Waals surface area contributed by atoms with Crippen LogP contribution in [0.15, 0.2) is 96.2 Å². The molecule has 40 heavy (non-hydrogen) atoms. The van der Waals surface area contributed by atoms with Gasteiger partial charge in [-0.15, -0.1) is 5.92 Å². The summed E-state index contributed by atoms with van der Waals surface area (Å²) in [5.41, 5.74) is 4.51. The molecule has 9 heteroatoms. The normalized spacial score (nSPS) is 11.7. The molecule has 4 rings (SSSR count). The number of rotatable bonds is 11. The average molecular weight is 555 g/mol. The van der Waals surface area contributed by atoms with Gasteiger partial charge in [-0.25, -0.2) is 18.1 Å². The second-order valence-corrected chi connectivity index (χ2v) is 10.6. The average Bonchev–Trinajstić information content (AvgIpc) is 2.96. The summed E-state index contributed by atoms with van der Waals surface area (Å²) in [7, 11) is -3.88. The van der Waals surface area contributed by atoms with Crippen molar-refractivity contribution in [1.29, 1.82) is 0 Å². The van der Waals surface area contributed by atoms with Gasteiger partial charge in [0.15, 0.2) is 0 Å². The van der Waals surface area contributed by atoms with Gasteiger partial charge >= 0.3 is 5.97 Å². The maximum Gasteiger partial charge on any atom is 0.302 e. The highest BCUT2D eigenvalue weighted by atomic mass is 32.2. The first kappa shape index (κ1) is 28.5. The lowest BCUT2D eigenvalue weighted by Gasteiger charge is -2.20. The molecule has 0 bridgehead atoms. The van der Waals surface area contributed by atoms with Gasteiger partial charge in [-0.3, -0.25) is 9.78 Å². The zero-order chi connectivity index (χ0) is 28.4. The van der Waals surface area contributed by atoms with Gasteiger partial charge in [-0.05, 0) is 66.4 Å². The van der Waals surface area contributed by atoms with E-state index in [4.69, 9.17) is 4.74 Å². The van der Waals surface area contributed by atoms with E-state index in [1.54, 1.807) is 24.3 Å². The molecule has 4 aromatic rings. The molecule has 0 fully saturated rings. The molecule has 1 unspecified atom stereocenters. The lowest BCUT2D eigenvalue weighted by Crippen LogP contribution is -2.31. The molecule has 204 valence electrons. The summed E-state index contributed by atoms with van der Waals surface area (Å²) < 4.78 is 34.2. The van der Waals surface area contributed by atoms with Crippen LogP contribution in [-0.4, -0.2) is 37.5 Å². The molecule has 8 nitrogen and oxygen atoms in total. The molecule has 0 spiro atoms. The number of esters is 1. The summed E-state index contributed by atoms with van der Waals surface area (Å²) in [6.07, 6.45) is 3.20. The van der Waals surface area contributed by atoms with Crippen LogP contribution in [0.1, 0.15) is 36.7 Å². The largest absolute Gasteiger partial charge is 0.464 e. The third-order valence-corrected chi connectivity index (χ3v) is 7.40. The molecule has 0 saturated carbocycles. The number of hydrogen-bond acceptors (Lipinski definition) is 7. The number of carbonyl (C=O) groups excluding carboxylic acids is 1. The van der Waals surface area contributed by atoms with Gasteiger partial charge in [0, 0.05) is 24.9 Å². The Kier molecular flexibility index (Phi) is 9.62. The third-order valence-electron chi connectivity index (χ3n) is 5.94. The Hall–Kier alpha value is -4.52. The van der Waals surface area contributed by atoms with Crippen molar-refractivity contribution in [3.63, 3.8) is 0 Å². The van der Waals surface area contributed by atoms with Crippen molar-refractivity contribution >= 4 is 21.8 Å². The zero-order valence-corrected chi connectivity index (χ0v) is 23.1. The highest BCUT2D eigenvalue weighted by molar-refractivity contribution is 7.89. The lowest BCUT2D eigenvalue weighted by molar-refractivity contribution is -0.140. The first-order valence-corrected chi connectivity index (χ1v) is 14.2. The van der Waals surface area contributed by atoms with E-state index in [9.17, 15) is 13.2 Å². The van der Waals surface area contributed by atoms with Crippen LogP contribution in [0.5, 0.6) is 0 Å². The molecule has 2 N–H and O–H groups in total. The predicted molar refractivity (Wildman–Crippen MR) is 155 cm³/mol. The van der Waals surface area contributed by atoms with Gasteiger partial charge < -0.3 is 10.1 Å². The van der Waals surface area contributed by atoms with E-state index in [0.29, 0.717) is 24.5 Å². The topological polar surface area (TPSA) is 110 Å². The minimum absolute atomic E-state index is 0.0704. The van der Waals surface area contributed by atoms with Gasteiger partial charge in [-0.1, -0.05) is 48.4 Å². The summed E-state index contributed by atoms with van der Waals surface area (Å²) in [5.74, 6) is 6.18. The van der Waals surface area contributed by atoms with Crippen molar-refractivity contribution in [1.82, 2.24) is 14.7 Å². The number of sulfonamides is 1. The first-order valence-electron chi connectivity index (χ1n) is 12.7. The molecule has 0 amide bonds. The summed E-state index contributed by atoms with van der Waals surface area (Å²) in [4.78, 5) is 19.7. The van der Waals surface area contributed by atoms with E-state index >= 15 is 0 Å². The third kappa shape index (κ3) is 7.99. The standard InChI is InChI=1S/C31H30N4O4S/c1-3-7-24-8-4-9-27(20-24)26-15-13-25(14-16-26)21-30(35-40(37,38)28-10-6-17-32-22-28)29-11-5-12-31(34-29)33-18-19-39-23(2)36/h4-6,8-17,20,22,30,35H,18-19,21H2,1-2H3,(H,33,34). The van der Waals surface area contributed by atoms with Crippen molar-refractivity contribution in [2.75, 3.05) is 18.5 Å². The van der Waals surface area contributed by atoms with E-state index in [2.05, 4.69) is 31.8 Å². The Morgan fingerprint density at radius 3 is 2.52 bits per heavy atom. The molecule has 1 atom stereocenters. The lowest BCUT2D eigenvalue weighted by atomic mass is 9.98. The monoisotopic (exact) mass is 554 g/mol. The Labute approximate surface area is 234 Å². The van der Waals surface area contributed by atoms with Crippen LogP contribution < -0.4 is 10.0 Å². The van der Waals surface area contributed by atoms with Crippen molar-refractivity contribution in [3.05, 3.63) is 108 Å². The molecular formula is C31H30N4O4S. The van der Waals surface area contributed by atoms with E-state index in [-0.39, 0.29) is 17.5 Å². The van der Waals surface area contributed by atoms with Crippen molar-refractivity contribution in [3.8, 4) is 23.0 Å². The van der Waals surface area contributed by atoms with Crippen LogP contribution in [0.4, 0.5) is 5.82 Å². The number of benzene rings is 2. The van der Waals surface area contributed by atoms with Crippen LogP contribution >= 0.6 is 0 Å². The molecule has 2 aromatic carbocycles. The Morgan fingerprint density at radius 1 is 1.00 bits per heavy atom. The fraction of sp³-hybridized carbons (Fsp3) is 0.194. The highest BCUT2D eigenvalue weighted by Gasteiger charge is 2.23. The zero-order valence-electron chi connectivity index (χ0n) is 22.3. The minimum atomic E-state index is -3.88. The number of pyridine rings is 2. The van der Waals surface area contributed by atoms with Crippen molar-refractivity contribution in [2.45, 2.75) is 31.2 Å². The molecule has 0 saturated heterocycles. The molecule has 0 aliphatic carbocycles. The second kappa shape index (κ2) is 13.5. The number of ether oxygens (including phenoxy) is 1. The molecule has 0 radical (unpaired) electrons. The number of anilines is 1.